The molecule has 1 heterocycles. The van der Waals surface area contributed by atoms with Crippen molar-refractivity contribution in [1.82, 2.24) is 15.3 Å². The van der Waals surface area contributed by atoms with Crippen molar-refractivity contribution in [2.45, 2.75) is 39.7 Å². The lowest BCUT2D eigenvalue weighted by molar-refractivity contribution is 0.0933. The van der Waals surface area contributed by atoms with Crippen LogP contribution in [0.5, 0.6) is 0 Å². The van der Waals surface area contributed by atoms with Crippen LogP contribution in [-0.2, 0) is 0 Å². The number of carbonyl (C=O) groups excluding carboxylic acids is 1. The van der Waals surface area contributed by atoms with Crippen molar-refractivity contribution in [3.63, 3.8) is 0 Å². The second kappa shape index (κ2) is 5.44. The van der Waals surface area contributed by atoms with E-state index in [1.54, 1.807) is 6.20 Å². The topological polar surface area (TPSA) is 54.9 Å². The molecule has 82 valence electrons. The molecule has 0 aliphatic rings. The summed E-state index contributed by atoms with van der Waals surface area (Å²) in [4.78, 5) is 19.7. The molecule has 0 aliphatic heterocycles. The van der Waals surface area contributed by atoms with Gasteiger partial charge >= 0.3 is 0 Å². The van der Waals surface area contributed by atoms with Crippen molar-refractivity contribution in [2.75, 3.05) is 0 Å². The summed E-state index contributed by atoms with van der Waals surface area (Å²) < 4.78 is 0. The zero-order chi connectivity index (χ0) is 11.3. The third kappa shape index (κ3) is 3.65. The molecule has 4 nitrogen and oxygen atoms in total. The average molecular weight is 207 g/mol. The third-order valence-corrected chi connectivity index (χ3v) is 2.11. The minimum atomic E-state index is -0.150. The average Bonchev–Trinajstić information content (AvgIpc) is 2.18. The Morgan fingerprint density at radius 3 is 2.73 bits per heavy atom. The number of carbonyl (C=O) groups is 1. The summed E-state index contributed by atoms with van der Waals surface area (Å²) in [5.74, 6) is -0.150. The Morgan fingerprint density at radius 1 is 1.47 bits per heavy atom. The molecule has 0 saturated heterocycles. The van der Waals surface area contributed by atoms with Gasteiger partial charge in [-0.3, -0.25) is 9.78 Å². The molecule has 0 aromatic carbocycles. The number of nitrogens with one attached hydrogen (secondary N) is 1. The van der Waals surface area contributed by atoms with Crippen molar-refractivity contribution in [1.29, 1.82) is 0 Å². The quantitative estimate of drug-likeness (QED) is 0.817. The molecule has 0 aliphatic carbocycles. The fourth-order valence-corrected chi connectivity index (χ4v) is 1.31. The van der Waals surface area contributed by atoms with Crippen LogP contribution in [0.1, 0.15) is 42.9 Å². The monoisotopic (exact) mass is 207 g/mol. The molecule has 1 aromatic heterocycles. The molecular formula is C11H17N3O. The predicted octanol–water partition coefficient (Wildman–Crippen LogP) is 1.70. The van der Waals surface area contributed by atoms with Gasteiger partial charge in [0.25, 0.3) is 5.91 Å². The molecule has 0 radical (unpaired) electrons. The predicted molar refractivity (Wildman–Crippen MR) is 58.6 cm³/mol. The van der Waals surface area contributed by atoms with Gasteiger partial charge < -0.3 is 5.32 Å². The van der Waals surface area contributed by atoms with E-state index >= 15 is 0 Å². The zero-order valence-electron chi connectivity index (χ0n) is 9.45. The second-order valence-electron chi connectivity index (χ2n) is 3.71. The molecular weight excluding hydrogens is 190 g/mol. The third-order valence-electron chi connectivity index (χ3n) is 2.11. The summed E-state index contributed by atoms with van der Waals surface area (Å²) in [6.07, 6.45) is 5.13. The largest absolute Gasteiger partial charge is 0.348 e. The first kappa shape index (κ1) is 11.6. The Balaban J connectivity index is 2.57. The molecule has 0 spiro atoms. The van der Waals surface area contributed by atoms with Crippen LogP contribution in [0.25, 0.3) is 0 Å². The van der Waals surface area contributed by atoms with Crippen LogP contribution in [0.4, 0.5) is 0 Å². The maximum Gasteiger partial charge on any atom is 0.271 e. The molecule has 0 saturated carbocycles. The van der Waals surface area contributed by atoms with Gasteiger partial charge in [-0.15, -0.1) is 0 Å². The van der Waals surface area contributed by atoms with E-state index < -0.39 is 0 Å². The maximum absolute atomic E-state index is 11.6. The smallest absolute Gasteiger partial charge is 0.271 e. The lowest BCUT2D eigenvalue weighted by Gasteiger charge is -2.11. The van der Waals surface area contributed by atoms with Gasteiger partial charge in [-0.05, 0) is 20.3 Å². The molecule has 1 atom stereocenters. The molecule has 0 unspecified atom stereocenters. The van der Waals surface area contributed by atoms with Crippen molar-refractivity contribution in [2.24, 2.45) is 0 Å². The van der Waals surface area contributed by atoms with E-state index in [4.69, 9.17) is 0 Å². The fourth-order valence-electron chi connectivity index (χ4n) is 1.31. The number of aromatic nitrogens is 2. The second-order valence-corrected chi connectivity index (χ2v) is 3.71. The Labute approximate surface area is 90.1 Å². The Hall–Kier alpha value is -1.45. The van der Waals surface area contributed by atoms with Crippen LogP contribution in [0.3, 0.4) is 0 Å². The van der Waals surface area contributed by atoms with Crippen LogP contribution >= 0.6 is 0 Å². The van der Waals surface area contributed by atoms with E-state index in [0.717, 1.165) is 18.5 Å². The summed E-state index contributed by atoms with van der Waals surface area (Å²) in [5.41, 5.74) is 1.19. The summed E-state index contributed by atoms with van der Waals surface area (Å²) in [6.45, 7) is 5.92. The number of hydrogen-bond acceptors (Lipinski definition) is 3. The first-order valence-corrected chi connectivity index (χ1v) is 5.23. The number of hydrogen-bond donors (Lipinski definition) is 1. The Bertz CT molecular complexity index is 321. The molecule has 1 aromatic rings. The highest BCUT2D eigenvalue weighted by molar-refractivity contribution is 5.92. The van der Waals surface area contributed by atoms with E-state index in [1.165, 1.54) is 6.20 Å². The highest BCUT2D eigenvalue weighted by Crippen LogP contribution is 1.98. The molecule has 1 rings (SSSR count). The standard InChI is InChI=1S/C11H17N3O/c1-4-5-8(2)14-11(15)10-7-12-9(3)6-13-10/h6-8H,4-5H2,1-3H3,(H,14,15)/t8-/m1/s1. The zero-order valence-corrected chi connectivity index (χ0v) is 9.45. The summed E-state index contributed by atoms with van der Waals surface area (Å²) in [6, 6.07) is 0.186. The highest BCUT2D eigenvalue weighted by atomic mass is 16.1. The Morgan fingerprint density at radius 2 is 2.20 bits per heavy atom. The van der Waals surface area contributed by atoms with Gasteiger partial charge in [0.15, 0.2) is 0 Å². The van der Waals surface area contributed by atoms with Crippen LogP contribution in [0.2, 0.25) is 0 Å². The highest BCUT2D eigenvalue weighted by Gasteiger charge is 2.10. The normalized spacial score (nSPS) is 12.2. The van der Waals surface area contributed by atoms with E-state index in [0.29, 0.717) is 5.69 Å². The van der Waals surface area contributed by atoms with Crippen LogP contribution in [0.15, 0.2) is 12.4 Å². The van der Waals surface area contributed by atoms with Gasteiger partial charge in [-0.25, -0.2) is 4.98 Å². The van der Waals surface area contributed by atoms with Gasteiger partial charge in [0, 0.05) is 12.2 Å². The van der Waals surface area contributed by atoms with Crippen molar-refractivity contribution >= 4 is 5.91 Å². The molecule has 0 bridgehead atoms. The lowest BCUT2D eigenvalue weighted by Crippen LogP contribution is -2.33. The van der Waals surface area contributed by atoms with Gasteiger partial charge in [0.05, 0.1) is 11.9 Å². The van der Waals surface area contributed by atoms with Gasteiger partial charge in [-0.2, -0.15) is 0 Å². The van der Waals surface area contributed by atoms with Gasteiger partial charge in [0.1, 0.15) is 5.69 Å². The number of amides is 1. The number of nitrogens with zero attached hydrogens (tertiary/aromatic N) is 2. The maximum atomic E-state index is 11.6. The van der Waals surface area contributed by atoms with E-state index in [-0.39, 0.29) is 11.9 Å². The number of rotatable bonds is 4. The van der Waals surface area contributed by atoms with E-state index in [9.17, 15) is 4.79 Å². The Kier molecular flexibility index (Phi) is 4.21. The molecule has 1 amide bonds. The van der Waals surface area contributed by atoms with Crippen LogP contribution in [0, 0.1) is 6.92 Å². The fraction of sp³-hybridized carbons (Fsp3) is 0.545. The van der Waals surface area contributed by atoms with Gasteiger partial charge in [0.2, 0.25) is 0 Å². The minimum absolute atomic E-state index is 0.150. The van der Waals surface area contributed by atoms with Crippen molar-refractivity contribution in [3.8, 4) is 0 Å². The molecule has 4 heteroatoms. The summed E-state index contributed by atoms with van der Waals surface area (Å²) in [5, 5.41) is 2.88. The minimum Gasteiger partial charge on any atom is -0.348 e. The van der Waals surface area contributed by atoms with Crippen molar-refractivity contribution < 1.29 is 4.79 Å². The molecule has 15 heavy (non-hydrogen) atoms. The lowest BCUT2D eigenvalue weighted by atomic mass is 10.2. The van der Waals surface area contributed by atoms with Crippen LogP contribution < -0.4 is 5.32 Å². The SMILES string of the molecule is CCC[C@@H](C)NC(=O)c1cnc(C)cn1. The molecule has 1 N–H and O–H groups in total. The summed E-state index contributed by atoms with van der Waals surface area (Å²) in [7, 11) is 0. The molecule has 0 fully saturated rings. The van der Waals surface area contributed by atoms with E-state index in [2.05, 4.69) is 22.2 Å². The van der Waals surface area contributed by atoms with Crippen molar-refractivity contribution in [3.05, 3.63) is 23.8 Å². The first-order valence-electron chi connectivity index (χ1n) is 5.23. The van der Waals surface area contributed by atoms with E-state index in [1.807, 2.05) is 13.8 Å². The first-order chi connectivity index (χ1) is 7.13. The van der Waals surface area contributed by atoms with Crippen LogP contribution in [-0.4, -0.2) is 21.9 Å². The number of aryl methyl sites for hydroxylation is 1. The summed E-state index contributed by atoms with van der Waals surface area (Å²) >= 11 is 0. The van der Waals surface area contributed by atoms with Gasteiger partial charge in [-0.1, -0.05) is 13.3 Å².